The number of rotatable bonds is 7. The Labute approximate surface area is 136 Å². The van der Waals surface area contributed by atoms with E-state index in [1.54, 1.807) is 19.2 Å². The van der Waals surface area contributed by atoms with Gasteiger partial charge in [-0.25, -0.2) is 0 Å². The maximum Gasteiger partial charge on any atom is 0.261 e. The highest BCUT2D eigenvalue weighted by atomic mass is 16.5. The molecule has 0 radical (unpaired) electrons. The number of carbonyl (C=O) groups is 1. The second-order valence-corrected chi connectivity index (χ2v) is 5.37. The van der Waals surface area contributed by atoms with Crippen molar-refractivity contribution in [1.82, 2.24) is 0 Å². The molecule has 0 unspecified atom stereocenters. The van der Waals surface area contributed by atoms with E-state index in [1.165, 1.54) is 5.01 Å². The first-order valence-electron chi connectivity index (χ1n) is 7.79. The van der Waals surface area contributed by atoms with Crippen LogP contribution in [0.25, 0.3) is 0 Å². The largest absolute Gasteiger partial charge is 0.497 e. The molecular weight excluding hydrogens is 294 g/mol. The number of aliphatic hydroxyl groups excluding tert-OH is 1. The Balaban J connectivity index is 2.29. The highest BCUT2D eigenvalue weighted by Crippen LogP contribution is 2.28. The lowest BCUT2D eigenvalue weighted by Gasteiger charge is -2.15. The van der Waals surface area contributed by atoms with Crippen molar-refractivity contribution < 1.29 is 14.6 Å². The fraction of sp³-hybridized carbons (Fsp3) is 0.471. The summed E-state index contributed by atoms with van der Waals surface area (Å²) in [5, 5.41) is 14.9. The maximum atomic E-state index is 12.8. The van der Waals surface area contributed by atoms with Gasteiger partial charge in [0.1, 0.15) is 11.7 Å². The van der Waals surface area contributed by atoms with E-state index in [1.807, 2.05) is 19.1 Å². The molecule has 0 saturated heterocycles. The van der Waals surface area contributed by atoms with Crippen molar-refractivity contribution in [2.75, 3.05) is 25.3 Å². The second-order valence-electron chi connectivity index (χ2n) is 5.37. The number of hydrogen-bond donors (Lipinski definition) is 1. The smallest absolute Gasteiger partial charge is 0.261 e. The van der Waals surface area contributed by atoms with E-state index < -0.39 is 5.92 Å². The topological polar surface area (TPSA) is 74.5 Å². The van der Waals surface area contributed by atoms with Crippen LogP contribution in [-0.2, 0) is 4.79 Å². The maximum absolute atomic E-state index is 12.8. The molecule has 23 heavy (non-hydrogen) atoms. The Morgan fingerprint density at radius 1 is 1.39 bits per heavy atom. The number of anilines is 1. The number of amides is 1. The minimum absolute atomic E-state index is 0.0271. The van der Waals surface area contributed by atoms with Crippen molar-refractivity contribution in [2.45, 2.75) is 26.7 Å². The molecule has 0 aliphatic carbocycles. The summed E-state index contributed by atoms with van der Waals surface area (Å²) in [4.78, 5) is 17.1. The predicted octanol–water partition coefficient (Wildman–Crippen LogP) is 2.27. The minimum Gasteiger partial charge on any atom is -0.497 e. The van der Waals surface area contributed by atoms with Crippen molar-refractivity contribution in [3.63, 3.8) is 0 Å². The monoisotopic (exact) mass is 317 g/mol. The number of aliphatic imine (C=N–C) groups is 1. The number of hydrazone groups is 1. The molecule has 0 bridgehead atoms. The molecule has 6 nitrogen and oxygen atoms in total. The van der Waals surface area contributed by atoms with Crippen molar-refractivity contribution in [3.05, 3.63) is 24.3 Å². The van der Waals surface area contributed by atoms with Gasteiger partial charge < -0.3 is 9.84 Å². The van der Waals surface area contributed by atoms with E-state index in [2.05, 4.69) is 17.0 Å². The Kier molecular flexibility index (Phi) is 5.87. The van der Waals surface area contributed by atoms with Gasteiger partial charge in [-0.2, -0.15) is 10.1 Å². The van der Waals surface area contributed by atoms with E-state index in [4.69, 9.17) is 9.84 Å². The quantitative estimate of drug-likeness (QED) is 0.784. The van der Waals surface area contributed by atoms with Gasteiger partial charge in [0.15, 0.2) is 0 Å². The summed E-state index contributed by atoms with van der Waals surface area (Å²) in [6.45, 7) is 4.15. The Morgan fingerprint density at radius 2 is 2.09 bits per heavy atom. The van der Waals surface area contributed by atoms with Crippen molar-refractivity contribution in [1.29, 1.82) is 0 Å². The number of nitrogens with zero attached hydrogens (tertiary/aromatic N) is 3. The molecule has 1 heterocycles. The molecule has 1 amide bonds. The average molecular weight is 317 g/mol. The third-order valence-corrected chi connectivity index (χ3v) is 3.72. The molecule has 1 aliphatic heterocycles. The minimum atomic E-state index is -0.427. The molecule has 1 aliphatic rings. The van der Waals surface area contributed by atoms with Crippen molar-refractivity contribution >= 4 is 23.0 Å². The van der Waals surface area contributed by atoms with Crippen LogP contribution in [0.1, 0.15) is 26.7 Å². The molecule has 1 N–H and O–H groups in total. The number of methoxy groups -OCH3 is 1. The molecule has 2 rings (SSSR count). The number of benzene rings is 1. The standard InChI is InChI=1S/C17H23N3O3/c1-4-5-15-16(12(2)18-10-11-21)17(22)20(19-15)13-6-8-14(23-3)9-7-13/h6-9,16,21H,4-5,10-11H2,1-3H3/t16-/m1/s1. The summed E-state index contributed by atoms with van der Waals surface area (Å²) in [6.07, 6.45) is 1.65. The molecule has 0 fully saturated rings. The van der Waals surface area contributed by atoms with Gasteiger partial charge in [0, 0.05) is 5.71 Å². The second kappa shape index (κ2) is 7.87. The summed E-state index contributed by atoms with van der Waals surface area (Å²) in [5.74, 6) is 0.205. The number of aliphatic hydroxyl groups is 1. The first-order valence-corrected chi connectivity index (χ1v) is 7.79. The van der Waals surface area contributed by atoms with Crippen molar-refractivity contribution in [2.24, 2.45) is 16.0 Å². The Morgan fingerprint density at radius 3 is 2.65 bits per heavy atom. The molecule has 6 heteroatoms. The normalized spacial score (nSPS) is 18.3. The molecule has 1 atom stereocenters. The lowest BCUT2D eigenvalue weighted by Crippen LogP contribution is -2.32. The van der Waals surface area contributed by atoms with Gasteiger partial charge in [0.05, 0.1) is 31.7 Å². The molecule has 0 aromatic heterocycles. The lowest BCUT2D eigenvalue weighted by atomic mass is 9.95. The first-order chi connectivity index (χ1) is 11.1. The fourth-order valence-electron chi connectivity index (χ4n) is 2.60. The summed E-state index contributed by atoms with van der Waals surface area (Å²) in [5.41, 5.74) is 2.24. The summed E-state index contributed by atoms with van der Waals surface area (Å²) in [6, 6.07) is 7.23. The summed E-state index contributed by atoms with van der Waals surface area (Å²) in [7, 11) is 1.60. The fourth-order valence-corrected chi connectivity index (χ4v) is 2.60. The van der Waals surface area contributed by atoms with E-state index >= 15 is 0 Å². The van der Waals surface area contributed by atoms with Gasteiger partial charge in [0.25, 0.3) is 5.91 Å². The van der Waals surface area contributed by atoms with Gasteiger partial charge in [-0.3, -0.25) is 9.79 Å². The van der Waals surface area contributed by atoms with Crippen LogP contribution in [0.15, 0.2) is 34.4 Å². The Bertz CT molecular complexity index is 608. The van der Waals surface area contributed by atoms with Crippen LogP contribution in [-0.4, -0.2) is 42.7 Å². The van der Waals surface area contributed by atoms with Gasteiger partial charge in [-0.1, -0.05) is 13.3 Å². The summed E-state index contributed by atoms with van der Waals surface area (Å²) >= 11 is 0. The van der Waals surface area contributed by atoms with Crippen LogP contribution in [0, 0.1) is 5.92 Å². The van der Waals surface area contributed by atoms with E-state index in [0.717, 1.165) is 24.3 Å². The SMILES string of the molecule is CCCC1=NN(c2ccc(OC)cc2)C(=O)[C@@H]1C(C)=NCCO. The third kappa shape index (κ3) is 3.76. The van der Waals surface area contributed by atoms with Crippen LogP contribution in [0.2, 0.25) is 0 Å². The first kappa shape index (κ1) is 17.1. The van der Waals surface area contributed by atoms with Crippen LogP contribution < -0.4 is 9.75 Å². The molecule has 1 aromatic rings. The highest BCUT2D eigenvalue weighted by molar-refractivity contribution is 6.28. The molecule has 0 saturated carbocycles. The van der Waals surface area contributed by atoms with Crippen LogP contribution in [0.4, 0.5) is 5.69 Å². The predicted molar refractivity (Wildman–Crippen MR) is 91.4 cm³/mol. The van der Waals surface area contributed by atoms with Gasteiger partial charge in [-0.05, 0) is 37.6 Å². The molecule has 124 valence electrons. The Hall–Kier alpha value is -2.21. The van der Waals surface area contributed by atoms with E-state index in [-0.39, 0.29) is 12.5 Å². The highest BCUT2D eigenvalue weighted by Gasteiger charge is 2.37. The number of ether oxygens (including phenoxy) is 1. The van der Waals surface area contributed by atoms with Gasteiger partial charge in [0.2, 0.25) is 0 Å². The van der Waals surface area contributed by atoms with Crippen molar-refractivity contribution in [3.8, 4) is 5.75 Å². The number of hydrogen-bond acceptors (Lipinski definition) is 5. The van der Waals surface area contributed by atoms with E-state index in [0.29, 0.717) is 17.9 Å². The lowest BCUT2D eigenvalue weighted by molar-refractivity contribution is -0.118. The third-order valence-electron chi connectivity index (χ3n) is 3.72. The van der Waals surface area contributed by atoms with Gasteiger partial charge >= 0.3 is 0 Å². The zero-order valence-electron chi connectivity index (χ0n) is 13.8. The zero-order valence-corrected chi connectivity index (χ0v) is 13.8. The molecule has 1 aromatic carbocycles. The van der Waals surface area contributed by atoms with Crippen LogP contribution in [0.3, 0.4) is 0 Å². The number of carbonyl (C=O) groups excluding carboxylic acids is 1. The van der Waals surface area contributed by atoms with Gasteiger partial charge in [-0.15, -0.1) is 0 Å². The molecule has 0 spiro atoms. The molecular formula is C17H23N3O3. The zero-order chi connectivity index (χ0) is 16.8. The average Bonchev–Trinajstić information content (AvgIpc) is 2.89. The summed E-state index contributed by atoms with van der Waals surface area (Å²) < 4.78 is 5.14. The van der Waals surface area contributed by atoms with Crippen LogP contribution >= 0.6 is 0 Å². The van der Waals surface area contributed by atoms with Crippen LogP contribution in [0.5, 0.6) is 5.75 Å². The van der Waals surface area contributed by atoms with E-state index in [9.17, 15) is 4.79 Å².